The lowest BCUT2D eigenvalue weighted by molar-refractivity contribution is 0.753. The monoisotopic (exact) mass is 453 g/mol. The van der Waals surface area contributed by atoms with Gasteiger partial charge in [-0.05, 0) is 41.0 Å². The number of imidazole rings is 1. The van der Waals surface area contributed by atoms with Gasteiger partial charge in [-0.1, -0.05) is 65.7 Å². The summed E-state index contributed by atoms with van der Waals surface area (Å²) in [5.74, 6) is 0. The third-order valence-electron chi connectivity index (χ3n) is 4.82. The third-order valence-corrected chi connectivity index (χ3v) is 5.36. The van der Waals surface area contributed by atoms with Crippen molar-refractivity contribution in [3.63, 3.8) is 0 Å². The Balaban J connectivity index is 0.00000256. The number of nitriles is 1. The molecule has 4 aromatic rings. The molecule has 0 aliphatic heterocycles. The zero-order valence-electron chi connectivity index (χ0n) is 15.9. The lowest BCUT2D eigenvalue weighted by Gasteiger charge is -2.10. The van der Waals surface area contributed by atoms with E-state index in [1.54, 1.807) is 6.07 Å². The zero-order valence-corrected chi connectivity index (χ0v) is 18.3. The molecule has 0 aliphatic carbocycles. The second-order valence-electron chi connectivity index (χ2n) is 6.82. The number of nitrogens with zero attached hydrogens (tertiary/aromatic N) is 3. The highest BCUT2D eigenvalue weighted by Crippen LogP contribution is 2.30. The SMILES string of the molecule is Cl.N#Cc1ccc(Cc2cncn2Cc2ccc(-c3ccc(Cl)cc3Cl)cc2)cc1. The van der Waals surface area contributed by atoms with E-state index in [1.807, 2.05) is 48.9 Å². The van der Waals surface area contributed by atoms with Gasteiger partial charge in [0.1, 0.15) is 0 Å². The van der Waals surface area contributed by atoms with E-state index in [-0.39, 0.29) is 12.4 Å². The van der Waals surface area contributed by atoms with Gasteiger partial charge < -0.3 is 4.57 Å². The molecular weight excluding hydrogens is 437 g/mol. The van der Waals surface area contributed by atoms with E-state index in [1.165, 1.54) is 5.56 Å². The average molecular weight is 455 g/mol. The quantitative estimate of drug-likeness (QED) is 0.333. The minimum atomic E-state index is 0. The van der Waals surface area contributed by atoms with Gasteiger partial charge in [0.05, 0.1) is 18.0 Å². The summed E-state index contributed by atoms with van der Waals surface area (Å²) in [6.45, 7) is 0.736. The molecule has 0 aliphatic rings. The first kappa shape index (κ1) is 21.9. The molecule has 150 valence electrons. The highest BCUT2D eigenvalue weighted by atomic mass is 35.5. The molecule has 6 heteroatoms. The van der Waals surface area contributed by atoms with Gasteiger partial charge in [-0.2, -0.15) is 5.26 Å². The number of rotatable bonds is 5. The van der Waals surface area contributed by atoms with Crippen molar-refractivity contribution in [3.05, 3.63) is 112 Å². The fourth-order valence-electron chi connectivity index (χ4n) is 3.25. The molecule has 0 unspecified atom stereocenters. The Bertz CT molecular complexity index is 1170. The van der Waals surface area contributed by atoms with Crippen molar-refractivity contribution in [1.82, 2.24) is 9.55 Å². The number of benzene rings is 3. The fourth-order valence-corrected chi connectivity index (χ4v) is 3.77. The van der Waals surface area contributed by atoms with Gasteiger partial charge in [-0.25, -0.2) is 4.98 Å². The Labute approximate surface area is 191 Å². The summed E-state index contributed by atoms with van der Waals surface area (Å²) in [7, 11) is 0. The maximum Gasteiger partial charge on any atom is 0.0991 e. The van der Waals surface area contributed by atoms with Crippen LogP contribution in [-0.2, 0) is 13.0 Å². The summed E-state index contributed by atoms with van der Waals surface area (Å²) in [5, 5.41) is 10.2. The molecule has 1 heterocycles. The minimum absolute atomic E-state index is 0. The van der Waals surface area contributed by atoms with E-state index < -0.39 is 0 Å². The maximum atomic E-state index is 8.94. The largest absolute Gasteiger partial charge is 0.330 e. The van der Waals surface area contributed by atoms with Crippen molar-refractivity contribution in [2.75, 3.05) is 0 Å². The lowest BCUT2D eigenvalue weighted by Crippen LogP contribution is -2.04. The van der Waals surface area contributed by atoms with Crippen LogP contribution < -0.4 is 0 Å². The van der Waals surface area contributed by atoms with Crippen molar-refractivity contribution < 1.29 is 0 Å². The van der Waals surface area contributed by atoms with Crippen molar-refractivity contribution in [2.45, 2.75) is 13.0 Å². The molecule has 0 fully saturated rings. The van der Waals surface area contributed by atoms with Crippen LogP contribution in [0.3, 0.4) is 0 Å². The molecule has 0 saturated heterocycles. The first-order valence-corrected chi connectivity index (χ1v) is 9.90. The predicted molar refractivity (Wildman–Crippen MR) is 124 cm³/mol. The molecule has 0 N–H and O–H groups in total. The van der Waals surface area contributed by atoms with E-state index in [4.69, 9.17) is 28.5 Å². The molecule has 0 atom stereocenters. The molecule has 3 nitrogen and oxygen atoms in total. The fraction of sp³-hybridized carbons (Fsp3) is 0.0833. The van der Waals surface area contributed by atoms with Crippen molar-refractivity contribution in [2.24, 2.45) is 0 Å². The summed E-state index contributed by atoms with van der Waals surface area (Å²) in [6, 6.07) is 23.7. The van der Waals surface area contributed by atoms with Crippen LogP contribution >= 0.6 is 35.6 Å². The molecule has 0 amide bonds. The van der Waals surface area contributed by atoms with Gasteiger partial charge in [0.15, 0.2) is 0 Å². The Hall–Kier alpha value is -2.77. The Morgan fingerprint density at radius 2 is 1.60 bits per heavy atom. The van der Waals surface area contributed by atoms with Gasteiger partial charge in [0.2, 0.25) is 0 Å². The summed E-state index contributed by atoms with van der Waals surface area (Å²) in [4.78, 5) is 4.31. The Kier molecular flexibility index (Phi) is 7.18. The smallest absolute Gasteiger partial charge is 0.0991 e. The van der Waals surface area contributed by atoms with Crippen molar-refractivity contribution in [1.29, 1.82) is 5.26 Å². The first-order chi connectivity index (χ1) is 14.1. The molecule has 0 spiro atoms. The molecule has 0 saturated carbocycles. The van der Waals surface area contributed by atoms with Crippen LogP contribution in [0.1, 0.15) is 22.4 Å². The van der Waals surface area contributed by atoms with Crippen LogP contribution in [0.2, 0.25) is 10.0 Å². The summed E-state index contributed by atoms with van der Waals surface area (Å²) >= 11 is 12.3. The Morgan fingerprint density at radius 3 is 2.27 bits per heavy atom. The lowest BCUT2D eigenvalue weighted by atomic mass is 10.0. The molecule has 0 radical (unpaired) electrons. The topological polar surface area (TPSA) is 41.6 Å². The van der Waals surface area contributed by atoms with Crippen LogP contribution in [0.4, 0.5) is 0 Å². The number of aromatic nitrogens is 2. The predicted octanol–water partition coefficient (Wildman–Crippen LogP) is 6.79. The van der Waals surface area contributed by atoms with Crippen LogP contribution in [0.25, 0.3) is 11.1 Å². The van der Waals surface area contributed by atoms with Crippen LogP contribution in [-0.4, -0.2) is 9.55 Å². The van der Waals surface area contributed by atoms with Gasteiger partial charge in [-0.15, -0.1) is 12.4 Å². The van der Waals surface area contributed by atoms with Crippen LogP contribution in [0.5, 0.6) is 0 Å². The number of halogens is 3. The van der Waals surface area contributed by atoms with Crippen LogP contribution in [0, 0.1) is 11.3 Å². The average Bonchev–Trinajstić information content (AvgIpc) is 3.16. The van der Waals surface area contributed by atoms with E-state index in [0.29, 0.717) is 15.6 Å². The second kappa shape index (κ2) is 9.82. The summed E-state index contributed by atoms with van der Waals surface area (Å²) in [6.07, 6.45) is 4.51. The minimum Gasteiger partial charge on any atom is -0.330 e. The molecule has 3 aromatic carbocycles. The summed E-state index contributed by atoms with van der Waals surface area (Å²) in [5.41, 5.74) is 6.14. The highest BCUT2D eigenvalue weighted by molar-refractivity contribution is 6.36. The van der Waals surface area contributed by atoms with Gasteiger partial charge >= 0.3 is 0 Å². The van der Waals surface area contributed by atoms with Crippen LogP contribution in [0.15, 0.2) is 79.3 Å². The normalized spacial score (nSPS) is 10.3. The van der Waals surface area contributed by atoms with Crippen molar-refractivity contribution >= 4 is 35.6 Å². The van der Waals surface area contributed by atoms with E-state index >= 15 is 0 Å². The van der Waals surface area contributed by atoms with Gasteiger partial charge in [-0.3, -0.25) is 0 Å². The molecular formula is C24H18Cl3N3. The third kappa shape index (κ3) is 5.04. The number of hydrogen-bond acceptors (Lipinski definition) is 2. The molecule has 0 bridgehead atoms. The highest BCUT2D eigenvalue weighted by Gasteiger charge is 2.07. The van der Waals surface area contributed by atoms with E-state index in [9.17, 15) is 0 Å². The van der Waals surface area contributed by atoms with E-state index in [0.717, 1.165) is 35.3 Å². The zero-order chi connectivity index (χ0) is 20.2. The molecule has 1 aromatic heterocycles. The first-order valence-electron chi connectivity index (χ1n) is 9.15. The number of hydrogen-bond donors (Lipinski definition) is 0. The van der Waals surface area contributed by atoms with Gasteiger partial charge in [0.25, 0.3) is 0 Å². The Morgan fingerprint density at radius 1 is 0.900 bits per heavy atom. The molecule has 4 rings (SSSR count). The van der Waals surface area contributed by atoms with Gasteiger partial charge in [0, 0.05) is 40.5 Å². The second-order valence-corrected chi connectivity index (χ2v) is 7.66. The standard InChI is InChI=1S/C24H17Cl2N3.ClH/c25-21-9-10-23(24(26)12-21)20-7-5-19(6-8-20)15-29-16-28-14-22(29)11-17-1-3-18(13-27)4-2-17;/h1-10,12,14,16H,11,15H2;1H. The summed E-state index contributed by atoms with van der Waals surface area (Å²) < 4.78 is 2.14. The van der Waals surface area contributed by atoms with E-state index in [2.05, 4.69) is 39.9 Å². The molecule has 30 heavy (non-hydrogen) atoms. The van der Waals surface area contributed by atoms with Crippen molar-refractivity contribution in [3.8, 4) is 17.2 Å². The maximum absolute atomic E-state index is 8.94.